The predicted molar refractivity (Wildman–Crippen MR) is 79.8 cm³/mol. The number of halogens is 3. The molecule has 21 heavy (non-hydrogen) atoms. The highest BCUT2D eigenvalue weighted by Crippen LogP contribution is 2.34. The van der Waals surface area contributed by atoms with Crippen molar-refractivity contribution in [1.82, 2.24) is 0 Å². The van der Waals surface area contributed by atoms with Crippen molar-refractivity contribution in [3.8, 4) is 11.1 Å². The minimum Gasteiger partial charge on any atom is -0.398 e. The third-order valence-electron chi connectivity index (χ3n) is 3.29. The monoisotopic (exact) mass is 293 g/mol. The Labute approximate surface area is 122 Å². The van der Waals surface area contributed by atoms with E-state index in [9.17, 15) is 13.2 Å². The van der Waals surface area contributed by atoms with E-state index in [4.69, 9.17) is 5.73 Å². The zero-order valence-electron chi connectivity index (χ0n) is 12.0. The lowest BCUT2D eigenvalue weighted by Gasteiger charge is -2.12. The molecule has 0 spiro atoms. The van der Waals surface area contributed by atoms with Crippen LogP contribution in [0.15, 0.2) is 42.5 Å². The Hall–Kier alpha value is -1.97. The SMILES string of the molecule is CC(C)Cc1ccc(-c2ccc(C(F)(F)F)cc2N)cc1. The topological polar surface area (TPSA) is 26.0 Å². The summed E-state index contributed by atoms with van der Waals surface area (Å²) in [4.78, 5) is 0. The van der Waals surface area contributed by atoms with Gasteiger partial charge in [-0.15, -0.1) is 0 Å². The lowest BCUT2D eigenvalue weighted by atomic mass is 9.97. The fraction of sp³-hybridized carbons (Fsp3) is 0.294. The van der Waals surface area contributed by atoms with Gasteiger partial charge in [0, 0.05) is 11.3 Å². The molecule has 4 heteroatoms. The maximum atomic E-state index is 12.6. The molecule has 0 unspecified atom stereocenters. The Kier molecular flexibility index (Phi) is 4.26. The van der Waals surface area contributed by atoms with E-state index in [1.807, 2.05) is 24.3 Å². The molecule has 2 rings (SSSR count). The summed E-state index contributed by atoms with van der Waals surface area (Å²) in [5.74, 6) is 0.562. The summed E-state index contributed by atoms with van der Waals surface area (Å²) in [6.45, 7) is 4.28. The minimum absolute atomic E-state index is 0.140. The quantitative estimate of drug-likeness (QED) is 0.778. The Morgan fingerprint density at radius 1 is 1.00 bits per heavy atom. The first-order chi connectivity index (χ1) is 9.77. The summed E-state index contributed by atoms with van der Waals surface area (Å²) in [7, 11) is 0. The molecule has 0 atom stereocenters. The van der Waals surface area contributed by atoms with Gasteiger partial charge in [-0.05, 0) is 35.6 Å². The third-order valence-corrected chi connectivity index (χ3v) is 3.29. The van der Waals surface area contributed by atoms with Crippen molar-refractivity contribution in [2.75, 3.05) is 5.73 Å². The van der Waals surface area contributed by atoms with Crippen LogP contribution in [0.5, 0.6) is 0 Å². The zero-order valence-corrected chi connectivity index (χ0v) is 12.0. The maximum Gasteiger partial charge on any atom is 0.416 e. The van der Waals surface area contributed by atoms with Crippen LogP contribution >= 0.6 is 0 Å². The molecule has 0 radical (unpaired) electrons. The number of benzene rings is 2. The summed E-state index contributed by atoms with van der Waals surface area (Å²) < 4.78 is 37.9. The van der Waals surface area contributed by atoms with Crippen molar-refractivity contribution in [1.29, 1.82) is 0 Å². The molecule has 0 aliphatic heterocycles. The van der Waals surface area contributed by atoms with Gasteiger partial charge in [-0.3, -0.25) is 0 Å². The van der Waals surface area contributed by atoms with Crippen molar-refractivity contribution in [2.45, 2.75) is 26.4 Å². The molecule has 0 aliphatic rings. The summed E-state index contributed by atoms with van der Waals surface area (Å²) in [6.07, 6.45) is -3.39. The molecule has 0 aliphatic carbocycles. The molecule has 0 saturated carbocycles. The molecule has 2 aromatic rings. The van der Waals surface area contributed by atoms with Crippen LogP contribution in [0.3, 0.4) is 0 Å². The van der Waals surface area contributed by atoms with E-state index in [0.29, 0.717) is 11.5 Å². The Morgan fingerprint density at radius 2 is 1.62 bits per heavy atom. The average Bonchev–Trinajstić information content (AvgIpc) is 2.38. The Balaban J connectivity index is 2.30. The highest BCUT2D eigenvalue weighted by molar-refractivity contribution is 5.77. The van der Waals surface area contributed by atoms with Gasteiger partial charge in [0.1, 0.15) is 0 Å². The molecule has 112 valence electrons. The second-order valence-corrected chi connectivity index (χ2v) is 5.59. The normalized spacial score (nSPS) is 11.9. The molecule has 0 amide bonds. The van der Waals surface area contributed by atoms with Gasteiger partial charge in [0.05, 0.1) is 5.56 Å². The fourth-order valence-electron chi connectivity index (χ4n) is 2.29. The van der Waals surface area contributed by atoms with Gasteiger partial charge < -0.3 is 5.73 Å². The van der Waals surface area contributed by atoms with Crippen molar-refractivity contribution in [3.05, 3.63) is 53.6 Å². The molecule has 2 N–H and O–H groups in total. The van der Waals surface area contributed by atoms with Gasteiger partial charge in [0.25, 0.3) is 0 Å². The summed E-state index contributed by atoms with van der Waals surface area (Å²) in [6, 6.07) is 11.3. The van der Waals surface area contributed by atoms with Gasteiger partial charge in [-0.25, -0.2) is 0 Å². The summed E-state index contributed by atoms with van der Waals surface area (Å²) in [5, 5.41) is 0. The summed E-state index contributed by atoms with van der Waals surface area (Å²) >= 11 is 0. The molecule has 0 fully saturated rings. The van der Waals surface area contributed by atoms with Crippen molar-refractivity contribution < 1.29 is 13.2 Å². The third kappa shape index (κ3) is 3.78. The molecule has 0 heterocycles. The van der Waals surface area contributed by atoms with E-state index in [1.54, 1.807) is 0 Å². The van der Waals surface area contributed by atoms with Crippen LogP contribution < -0.4 is 5.73 Å². The van der Waals surface area contributed by atoms with E-state index in [0.717, 1.165) is 24.1 Å². The first-order valence-corrected chi connectivity index (χ1v) is 6.83. The molecular formula is C17H18F3N. The molecule has 1 nitrogen and oxygen atoms in total. The number of hydrogen-bond donors (Lipinski definition) is 1. The maximum absolute atomic E-state index is 12.6. The van der Waals surface area contributed by atoms with Gasteiger partial charge in [0.15, 0.2) is 0 Å². The van der Waals surface area contributed by atoms with Gasteiger partial charge in [-0.2, -0.15) is 13.2 Å². The van der Waals surface area contributed by atoms with Gasteiger partial charge in [-0.1, -0.05) is 44.2 Å². The molecule has 0 bridgehead atoms. The van der Waals surface area contributed by atoms with Crippen molar-refractivity contribution >= 4 is 5.69 Å². The number of alkyl halides is 3. The number of anilines is 1. The van der Waals surface area contributed by atoms with E-state index in [1.165, 1.54) is 11.6 Å². The van der Waals surface area contributed by atoms with Crippen LogP contribution in [0, 0.1) is 5.92 Å². The standard InChI is InChI=1S/C17H18F3N/c1-11(2)9-12-3-5-13(6-4-12)15-8-7-14(10-16(15)21)17(18,19)20/h3-8,10-11H,9,21H2,1-2H3. The van der Waals surface area contributed by atoms with Gasteiger partial charge >= 0.3 is 6.18 Å². The number of nitrogen functional groups attached to an aromatic ring is 1. The van der Waals surface area contributed by atoms with E-state index < -0.39 is 11.7 Å². The first kappa shape index (κ1) is 15.4. The lowest BCUT2D eigenvalue weighted by Crippen LogP contribution is -2.06. The zero-order chi connectivity index (χ0) is 15.6. The van der Waals surface area contributed by atoms with Crippen LogP contribution in [0.4, 0.5) is 18.9 Å². The fourth-order valence-corrected chi connectivity index (χ4v) is 2.29. The van der Waals surface area contributed by atoms with Crippen molar-refractivity contribution in [3.63, 3.8) is 0 Å². The van der Waals surface area contributed by atoms with Crippen LogP contribution in [0.25, 0.3) is 11.1 Å². The van der Waals surface area contributed by atoms with Crippen LogP contribution in [0.2, 0.25) is 0 Å². The van der Waals surface area contributed by atoms with Crippen LogP contribution in [-0.4, -0.2) is 0 Å². The number of rotatable bonds is 3. The van der Waals surface area contributed by atoms with E-state index in [-0.39, 0.29) is 5.69 Å². The smallest absolute Gasteiger partial charge is 0.398 e. The largest absolute Gasteiger partial charge is 0.416 e. The second-order valence-electron chi connectivity index (χ2n) is 5.59. The van der Waals surface area contributed by atoms with Crippen molar-refractivity contribution in [2.24, 2.45) is 5.92 Å². The van der Waals surface area contributed by atoms with E-state index >= 15 is 0 Å². The van der Waals surface area contributed by atoms with Crippen LogP contribution in [-0.2, 0) is 12.6 Å². The van der Waals surface area contributed by atoms with Crippen LogP contribution in [0.1, 0.15) is 25.0 Å². The summed E-state index contributed by atoms with van der Waals surface area (Å²) in [5.41, 5.74) is 7.85. The molecule has 2 aromatic carbocycles. The van der Waals surface area contributed by atoms with E-state index in [2.05, 4.69) is 13.8 Å². The minimum atomic E-state index is -4.37. The lowest BCUT2D eigenvalue weighted by molar-refractivity contribution is -0.137. The molecule has 0 saturated heterocycles. The molecule has 0 aromatic heterocycles. The second kappa shape index (κ2) is 5.80. The number of nitrogens with two attached hydrogens (primary N) is 1. The number of hydrogen-bond acceptors (Lipinski definition) is 1. The Morgan fingerprint density at radius 3 is 2.10 bits per heavy atom. The first-order valence-electron chi connectivity index (χ1n) is 6.83. The highest BCUT2D eigenvalue weighted by Gasteiger charge is 2.30. The molecular weight excluding hydrogens is 275 g/mol. The Bertz CT molecular complexity index is 613. The highest BCUT2D eigenvalue weighted by atomic mass is 19.4. The predicted octanol–water partition coefficient (Wildman–Crippen LogP) is 5.15. The average molecular weight is 293 g/mol. The van der Waals surface area contributed by atoms with Gasteiger partial charge in [0.2, 0.25) is 0 Å².